The lowest BCUT2D eigenvalue weighted by molar-refractivity contribution is -0.153. The molecule has 0 saturated heterocycles. The quantitative estimate of drug-likeness (QED) is 0.594. The summed E-state index contributed by atoms with van der Waals surface area (Å²) in [5.41, 5.74) is 2.28. The number of nitrogens with zero attached hydrogens (tertiary/aromatic N) is 4. The van der Waals surface area contributed by atoms with Gasteiger partial charge in [0.25, 0.3) is 0 Å². The molecule has 7 nitrogen and oxygen atoms in total. The SMILES string of the molecule is Cc1cc(C(C)n2cc3c(C4(NC=O)CC4)nccc3n2)ncc1OCC(F)(F)F. The Hall–Kier alpha value is -3.17. The number of carbonyl (C=O) groups excluding carboxylic acids is 1. The molecule has 10 heteroatoms. The van der Waals surface area contributed by atoms with Crippen LogP contribution in [0.3, 0.4) is 0 Å². The highest BCUT2D eigenvalue weighted by Crippen LogP contribution is 2.46. The van der Waals surface area contributed by atoms with E-state index in [0.29, 0.717) is 17.7 Å². The fraction of sp³-hybridized carbons (Fsp3) is 0.400. The molecule has 0 aromatic carbocycles. The van der Waals surface area contributed by atoms with Gasteiger partial charge in [-0.05, 0) is 44.4 Å². The number of aromatic nitrogens is 4. The Morgan fingerprint density at radius 2 is 2.13 bits per heavy atom. The summed E-state index contributed by atoms with van der Waals surface area (Å²) >= 11 is 0. The smallest absolute Gasteiger partial charge is 0.422 e. The maximum atomic E-state index is 12.4. The molecule has 0 bridgehead atoms. The highest BCUT2D eigenvalue weighted by atomic mass is 19.4. The van der Waals surface area contributed by atoms with Crippen LogP contribution in [0.25, 0.3) is 10.9 Å². The Balaban J connectivity index is 1.61. The molecule has 1 atom stereocenters. The number of rotatable bonds is 7. The number of hydrogen-bond donors (Lipinski definition) is 1. The van der Waals surface area contributed by atoms with Crippen LogP contribution in [0.5, 0.6) is 5.75 Å². The molecule has 1 saturated carbocycles. The van der Waals surface area contributed by atoms with Crippen LogP contribution in [0, 0.1) is 6.92 Å². The molecule has 4 rings (SSSR count). The highest BCUT2D eigenvalue weighted by molar-refractivity contribution is 5.82. The summed E-state index contributed by atoms with van der Waals surface area (Å²) in [6, 6.07) is 3.22. The largest absolute Gasteiger partial charge is 0.482 e. The lowest BCUT2D eigenvalue weighted by Crippen LogP contribution is -2.28. The molecule has 3 aromatic heterocycles. The molecular formula is C20H20F3N5O2. The third-order valence-corrected chi connectivity index (χ3v) is 5.29. The van der Waals surface area contributed by atoms with E-state index in [-0.39, 0.29) is 11.8 Å². The Kier molecular flexibility index (Phi) is 4.87. The number of pyridine rings is 2. The Labute approximate surface area is 170 Å². The van der Waals surface area contributed by atoms with E-state index in [1.807, 2.05) is 13.1 Å². The first-order valence-electron chi connectivity index (χ1n) is 9.44. The predicted octanol–water partition coefficient (Wildman–Crippen LogP) is 3.42. The topological polar surface area (TPSA) is 81.9 Å². The van der Waals surface area contributed by atoms with Crippen LogP contribution >= 0.6 is 0 Å². The molecule has 1 aliphatic rings. The molecule has 30 heavy (non-hydrogen) atoms. The zero-order valence-corrected chi connectivity index (χ0v) is 16.4. The summed E-state index contributed by atoms with van der Waals surface area (Å²) in [6.45, 7) is 2.21. The number of carbonyl (C=O) groups is 1. The van der Waals surface area contributed by atoms with E-state index in [2.05, 4.69) is 20.4 Å². The van der Waals surface area contributed by atoms with Gasteiger partial charge in [-0.2, -0.15) is 18.3 Å². The van der Waals surface area contributed by atoms with Crippen molar-refractivity contribution in [2.24, 2.45) is 0 Å². The van der Waals surface area contributed by atoms with Crippen LogP contribution in [0.4, 0.5) is 13.2 Å². The van der Waals surface area contributed by atoms with Crippen molar-refractivity contribution in [1.29, 1.82) is 0 Å². The summed E-state index contributed by atoms with van der Waals surface area (Å²) < 4.78 is 43.7. The van der Waals surface area contributed by atoms with E-state index in [1.54, 1.807) is 29.9 Å². The zero-order chi connectivity index (χ0) is 21.5. The molecule has 3 heterocycles. The van der Waals surface area contributed by atoms with Crippen molar-refractivity contribution in [2.75, 3.05) is 6.61 Å². The van der Waals surface area contributed by atoms with E-state index in [4.69, 9.17) is 4.74 Å². The van der Waals surface area contributed by atoms with Gasteiger partial charge in [-0.15, -0.1) is 0 Å². The molecule has 1 unspecified atom stereocenters. The van der Waals surface area contributed by atoms with Gasteiger partial charge in [-0.3, -0.25) is 19.4 Å². The minimum Gasteiger partial charge on any atom is -0.482 e. The van der Waals surface area contributed by atoms with Crippen LogP contribution in [0.15, 0.2) is 30.7 Å². The number of hydrogen-bond acceptors (Lipinski definition) is 5. The van der Waals surface area contributed by atoms with E-state index < -0.39 is 18.3 Å². The minimum atomic E-state index is -4.41. The Morgan fingerprint density at radius 1 is 1.37 bits per heavy atom. The third-order valence-electron chi connectivity index (χ3n) is 5.29. The molecule has 3 aromatic rings. The van der Waals surface area contributed by atoms with Crippen molar-refractivity contribution < 1.29 is 22.7 Å². The second-order valence-corrected chi connectivity index (χ2v) is 7.50. The van der Waals surface area contributed by atoms with Gasteiger partial charge in [0.15, 0.2) is 6.61 Å². The maximum absolute atomic E-state index is 12.4. The summed E-state index contributed by atoms with van der Waals surface area (Å²) in [5.74, 6) is 0.0935. The fourth-order valence-electron chi connectivity index (χ4n) is 3.47. The van der Waals surface area contributed by atoms with Gasteiger partial charge in [0.1, 0.15) is 5.75 Å². The van der Waals surface area contributed by atoms with Crippen molar-refractivity contribution >= 4 is 17.3 Å². The summed E-state index contributed by atoms with van der Waals surface area (Å²) in [7, 11) is 0. The van der Waals surface area contributed by atoms with E-state index in [1.165, 1.54) is 6.20 Å². The standard InChI is InChI=1S/C20H20F3N5O2/c1-12-7-16(25-8-17(12)30-10-20(21,22)23)13(2)28-9-14-15(27-28)3-6-24-18(14)19(4-5-19)26-11-29/h3,6-9,11,13H,4-5,10H2,1-2H3,(H,26,29). The Morgan fingerprint density at radius 3 is 2.77 bits per heavy atom. The van der Waals surface area contributed by atoms with Gasteiger partial charge in [0, 0.05) is 17.8 Å². The van der Waals surface area contributed by atoms with Crippen LogP contribution in [-0.2, 0) is 10.3 Å². The van der Waals surface area contributed by atoms with Crippen molar-refractivity contribution in [3.8, 4) is 5.75 Å². The van der Waals surface area contributed by atoms with Crippen molar-refractivity contribution in [3.05, 3.63) is 47.7 Å². The second kappa shape index (κ2) is 7.26. The normalized spacial score (nSPS) is 16.3. The maximum Gasteiger partial charge on any atom is 0.422 e. The number of amides is 1. The lowest BCUT2D eigenvalue weighted by Gasteiger charge is -2.15. The summed E-state index contributed by atoms with van der Waals surface area (Å²) in [5, 5.41) is 8.32. The van der Waals surface area contributed by atoms with Gasteiger partial charge >= 0.3 is 6.18 Å². The summed E-state index contributed by atoms with van der Waals surface area (Å²) in [6.07, 6.45) is 2.75. The van der Waals surface area contributed by atoms with E-state index in [9.17, 15) is 18.0 Å². The molecule has 1 aliphatic carbocycles. The lowest BCUT2D eigenvalue weighted by atomic mass is 10.1. The summed E-state index contributed by atoms with van der Waals surface area (Å²) in [4.78, 5) is 19.7. The van der Waals surface area contributed by atoms with Crippen LogP contribution in [0.2, 0.25) is 0 Å². The number of aryl methyl sites for hydroxylation is 1. The van der Waals surface area contributed by atoms with Gasteiger partial charge in [0.2, 0.25) is 6.41 Å². The first-order valence-corrected chi connectivity index (χ1v) is 9.44. The van der Waals surface area contributed by atoms with Gasteiger partial charge in [-0.1, -0.05) is 0 Å². The number of halogens is 3. The molecule has 0 radical (unpaired) electrons. The molecule has 158 valence electrons. The number of alkyl halides is 3. The number of nitrogens with one attached hydrogen (secondary N) is 1. The highest BCUT2D eigenvalue weighted by Gasteiger charge is 2.46. The molecule has 1 N–H and O–H groups in total. The first kappa shape index (κ1) is 20.1. The average molecular weight is 419 g/mol. The van der Waals surface area contributed by atoms with Crippen molar-refractivity contribution in [2.45, 2.75) is 44.4 Å². The molecule has 1 amide bonds. The first-order chi connectivity index (χ1) is 14.2. The Bertz CT molecular complexity index is 1090. The molecule has 0 aliphatic heterocycles. The fourth-order valence-corrected chi connectivity index (χ4v) is 3.47. The zero-order valence-electron chi connectivity index (χ0n) is 16.4. The van der Waals surface area contributed by atoms with Gasteiger partial charge in [-0.25, -0.2) is 0 Å². The van der Waals surface area contributed by atoms with E-state index in [0.717, 1.165) is 29.4 Å². The van der Waals surface area contributed by atoms with Gasteiger partial charge < -0.3 is 10.1 Å². The number of fused-ring (bicyclic) bond motifs is 1. The second-order valence-electron chi connectivity index (χ2n) is 7.50. The molecule has 0 spiro atoms. The van der Waals surface area contributed by atoms with E-state index >= 15 is 0 Å². The average Bonchev–Trinajstić information content (AvgIpc) is 3.33. The molecular weight excluding hydrogens is 399 g/mol. The predicted molar refractivity (Wildman–Crippen MR) is 102 cm³/mol. The van der Waals surface area contributed by atoms with Gasteiger partial charge in [0.05, 0.1) is 34.7 Å². The third kappa shape index (κ3) is 3.81. The van der Waals surface area contributed by atoms with Crippen molar-refractivity contribution in [1.82, 2.24) is 25.1 Å². The van der Waals surface area contributed by atoms with Crippen LogP contribution in [0.1, 0.15) is 42.8 Å². The molecule has 1 fully saturated rings. The van der Waals surface area contributed by atoms with Crippen LogP contribution < -0.4 is 10.1 Å². The monoisotopic (exact) mass is 419 g/mol. The minimum absolute atomic E-state index is 0.0935. The van der Waals surface area contributed by atoms with Crippen LogP contribution in [-0.4, -0.2) is 38.9 Å². The number of ether oxygens (including phenoxy) is 1. The van der Waals surface area contributed by atoms with Crippen molar-refractivity contribution in [3.63, 3.8) is 0 Å².